The summed E-state index contributed by atoms with van der Waals surface area (Å²) in [5, 5.41) is 3.69. The van der Waals surface area contributed by atoms with Crippen LogP contribution in [0.15, 0.2) is 24.3 Å². The molecule has 0 spiro atoms. The van der Waals surface area contributed by atoms with Gasteiger partial charge in [-0.3, -0.25) is 0 Å². The molecule has 0 aliphatic carbocycles. The summed E-state index contributed by atoms with van der Waals surface area (Å²) in [6.07, 6.45) is 5.04. The molecule has 1 N–H and O–H groups in total. The number of para-hydroxylation sites is 1. The lowest BCUT2D eigenvalue weighted by atomic mass is 9.91. The number of ether oxygens (including phenoxy) is 1. The second-order valence-corrected chi connectivity index (χ2v) is 6.42. The molecule has 0 saturated carbocycles. The van der Waals surface area contributed by atoms with Crippen LogP contribution in [0.5, 0.6) is 5.75 Å². The van der Waals surface area contributed by atoms with Gasteiger partial charge in [0.15, 0.2) is 0 Å². The van der Waals surface area contributed by atoms with Crippen molar-refractivity contribution in [2.24, 2.45) is 0 Å². The summed E-state index contributed by atoms with van der Waals surface area (Å²) < 4.78 is 5.79. The highest BCUT2D eigenvalue weighted by Gasteiger charge is 2.26. The van der Waals surface area contributed by atoms with E-state index in [1.807, 2.05) is 0 Å². The predicted octanol–water partition coefficient (Wildman–Crippen LogP) is 3.02. The van der Waals surface area contributed by atoms with Crippen molar-refractivity contribution in [1.82, 2.24) is 10.2 Å². The van der Waals surface area contributed by atoms with E-state index in [2.05, 4.69) is 41.4 Å². The molecule has 3 rings (SSSR count). The van der Waals surface area contributed by atoms with E-state index in [4.69, 9.17) is 4.74 Å². The van der Waals surface area contributed by atoms with Gasteiger partial charge < -0.3 is 15.0 Å². The second-order valence-electron chi connectivity index (χ2n) is 6.42. The number of hydrogen-bond acceptors (Lipinski definition) is 3. The minimum atomic E-state index is 0.639. The van der Waals surface area contributed by atoms with Crippen LogP contribution in [-0.2, 0) is 0 Å². The Bertz CT molecular complexity index is 449. The highest BCUT2D eigenvalue weighted by Crippen LogP contribution is 2.34. The van der Waals surface area contributed by atoms with Crippen molar-refractivity contribution in [3.05, 3.63) is 29.8 Å². The van der Waals surface area contributed by atoms with Crippen molar-refractivity contribution in [2.45, 2.75) is 44.6 Å². The summed E-state index contributed by atoms with van der Waals surface area (Å²) in [6, 6.07) is 9.27. The van der Waals surface area contributed by atoms with Crippen molar-refractivity contribution in [2.75, 3.05) is 32.8 Å². The molecule has 1 aromatic rings. The summed E-state index contributed by atoms with van der Waals surface area (Å²) in [5.74, 6) is 1.74. The highest BCUT2D eigenvalue weighted by atomic mass is 16.5. The zero-order chi connectivity index (χ0) is 14.5. The van der Waals surface area contributed by atoms with Gasteiger partial charge in [0.05, 0.1) is 6.61 Å². The van der Waals surface area contributed by atoms with Crippen LogP contribution in [0.2, 0.25) is 0 Å². The maximum absolute atomic E-state index is 5.79. The number of fused-ring (bicyclic) bond motifs is 1. The van der Waals surface area contributed by atoms with Gasteiger partial charge in [0.25, 0.3) is 0 Å². The summed E-state index contributed by atoms with van der Waals surface area (Å²) in [7, 11) is 0. The molecule has 0 amide bonds. The van der Waals surface area contributed by atoms with Crippen LogP contribution in [0.3, 0.4) is 0 Å². The van der Waals surface area contributed by atoms with E-state index in [0.717, 1.165) is 25.3 Å². The largest absolute Gasteiger partial charge is 0.493 e. The first kappa shape index (κ1) is 14.9. The molecule has 1 aromatic carbocycles. The van der Waals surface area contributed by atoms with Crippen molar-refractivity contribution in [3.8, 4) is 5.75 Å². The van der Waals surface area contributed by atoms with E-state index in [1.54, 1.807) is 0 Å². The number of benzene rings is 1. The van der Waals surface area contributed by atoms with Gasteiger partial charge in [-0.2, -0.15) is 0 Å². The molecule has 3 heteroatoms. The van der Waals surface area contributed by atoms with Crippen LogP contribution < -0.4 is 10.1 Å². The van der Waals surface area contributed by atoms with Gasteiger partial charge in [-0.15, -0.1) is 0 Å². The molecule has 2 aliphatic rings. The van der Waals surface area contributed by atoms with Gasteiger partial charge in [-0.1, -0.05) is 25.1 Å². The lowest BCUT2D eigenvalue weighted by molar-refractivity contribution is 0.164. The second kappa shape index (κ2) is 7.28. The average molecular weight is 288 g/mol. The summed E-state index contributed by atoms with van der Waals surface area (Å²) in [4.78, 5) is 2.66. The highest BCUT2D eigenvalue weighted by molar-refractivity contribution is 5.37. The average Bonchev–Trinajstić information content (AvgIpc) is 2.54. The number of hydrogen-bond donors (Lipinski definition) is 1. The fourth-order valence-corrected chi connectivity index (χ4v) is 3.65. The topological polar surface area (TPSA) is 24.5 Å². The lowest BCUT2D eigenvalue weighted by Crippen LogP contribution is -2.47. The van der Waals surface area contributed by atoms with E-state index in [9.17, 15) is 0 Å². The maximum Gasteiger partial charge on any atom is 0.122 e. The van der Waals surface area contributed by atoms with Crippen molar-refractivity contribution in [1.29, 1.82) is 0 Å². The number of nitrogens with one attached hydrogen (secondary N) is 1. The van der Waals surface area contributed by atoms with Crippen LogP contribution in [0.1, 0.15) is 44.1 Å². The Balaban J connectivity index is 1.59. The Morgan fingerprint density at radius 1 is 1.29 bits per heavy atom. The van der Waals surface area contributed by atoms with Crippen LogP contribution >= 0.6 is 0 Å². The fourth-order valence-electron chi connectivity index (χ4n) is 3.65. The van der Waals surface area contributed by atoms with E-state index in [1.165, 1.54) is 44.5 Å². The van der Waals surface area contributed by atoms with E-state index in [0.29, 0.717) is 12.0 Å². The first-order valence-corrected chi connectivity index (χ1v) is 8.54. The molecule has 1 saturated heterocycles. The van der Waals surface area contributed by atoms with Crippen LogP contribution in [0.25, 0.3) is 0 Å². The smallest absolute Gasteiger partial charge is 0.122 e. The molecule has 0 radical (unpaired) electrons. The number of likely N-dealkylation sites (tertiary alicyclic amines) is 1. The summed E-state index contributed by atoms with van der Waals surface area (Å²) in [6.45, 7) is 7.91. The Morgan fingerprint density at radius 2 is 2.19 bits per heavy atom. The number of nitrogens with zero attached hydrogens (tertiary/aromatic N) is 1. The van der Waals surface area contributed by atoms with Crippen LogP contribution in [0.4, 0.5) is 0 Å². The van der Waals surface area contributed by atoms with Gasteiger partial charge in [0, 0.05) is 25.0 Å². The molecule has 2 atom stereocenters. The fraction of sp³-hybridized carbons (Fsp3) is 0.667. The van der Waals surface area contributed by atoms with Crippen molar-refractivity contribution in [3.63, 3.8) is 0 Å². The zero-order valence-electron chi connectivity index (χ0n) is 13.2. The quantitative estimate of drug-likeness (QED) is 0.901. The van der Waals surface area contributed by atoms with E-state index in [-0.39, 0.29) is 0 Å². The Kier molecular flexibility index (Phi) is 5.15. The monoisotopic (exact) mass is 288 g/mol. The molecular formula is C18H28N2O. The minimum Gasteiger partial charge on any atom is -0.493 e. The normalized spacial score (nSPS) is 26.1. The van der Waals surface area contributed by atoms with Crippen LogP contribution in [0, 0.1) is 0 Å². The van der Waals surface area contributed by atoms with Gasteiger partial charge in [-0.05, 0) is 50.4 Å². The third kappa shape index (κ3) is 3.78. The van der Waals surface area contributed by atoms with Crippen molar-refractivity contribution >= 4 is 0 Å². The molecule has 3 nitrogen and oxygen atoms in total. The third-order valence-electron chi connectivity index (χ3n) is 4.75. The zero-order valence-corrected chi connectivity index (χ0v) is 13.2. The van der Waals surface area contributed by atoms with Crippen LogP contribution in [-0.4, -0.2) is 43.7 Å². The lowest BCUT2D eigenvalue weighted by Gasteiger charge is -2.37. The van der Waals surface area contributed by atoms with Gasteiger partial charge in [-0.25, -0.2) is 0 Å². The molecule has 0 aromatic heterocycles. The summed E-state index contributed by atoms with van der Waals surface area (Å²) >= 11 is 0. The molecule has 2 heterocycles. The van der Waals surface area contributed by atoms with Gasteiger partial charge in [0.1, 0.15) is 5.75 Å². The molecule has 2 unspecified atom stereocenters. The Labute approximate surface area is 128 Å². The third-order valence-corrected chi connectivity index (χ3v) is 4.75. The Morgan fingerprint density at radius 3 is 3.10 bits per heavy atom. The minimum absolute atomic E-state index is 0.639. The predicted molar refractivity (Wildman–Crippen MR) is 87.1 cm³/mol. The SMILES string of the molecule is CCCNC1CCCN(CC2CCOc3ccccc32)C1. The maximum atomic E-state index is 5.79. The first-order valence-electron chi connectivity index (χ1n) is 8.54. The number of piperidine rings is 1. The molecule has 0 bridgehead atoms. The number of rotatable bonds is 5. The summed E-state index contributed by atoms with van der Waals surface area (Å²) in [5.41, 5.74) is 1.41. The standard InChI is InChI=1S/C18H28N2O/c1-2-10-19-16-6-5-11-20(14-16)13-15-9-12-21-18-8-4-3-7-17(15)18/h3-4,7-8,15-16,19H,2,5-6,9-14H2,1H3. The van der Waals surface area contributed by atoms with Gasteiger partial charge in [0.2, 0.25) is 0 Å². The van der Waals surface area contributed by atoms with Crippen molar-refractivity contribution < 1.29 is 4.74 Å². The van der Waals surface area contributed by atoms with E-state index < -0.39 is 0 Å². The molecule has 1 fully saturated rings. The van der Waals surface area contributed by atoms with Gasteiger partial charge >= 0.3 is 0 Å². The Hall–Kier alpha value is -1.06. The van der Waals surface area contributed by atoms with E-state index >= 15 is 0 Å². The molecule has 116 valence electrons. The molecule has 2 aliphatic heterocycles. The molecular weight excluding hydrogens is 260 g/mol. The first-order chi connectivity index (χ1) is 10.4. The molecule has 21 heavy (non-hydrogen) atoms.